The topological polar surface area (TPSA) is 587 Å². The second kappa shape index (κ2) is 30.1. The lowest BCUT2D eigenvalue weighted by Crippen LogP contribution is -2.68. The van der Waals surface area contributed by atoms with Crippen LogP contribution in [0, 0.1) is 50.2 Å². The third-order valence-corrected chi connectivity index (χ3v) is 25.6. The van der Waals surface area contributed by atoms with Crippen molar-refractivity contribution in [2.75, 3.05) is 33.0 Å². The number of hydrogen-bond donors (Lipinski definition) is 21. The summed E-state index contributed by atoms with van der Waals surface area (Å²) in [4.78, 5) is 43.0. The second-order valence-electron chi connectivity index (χ2n) is 31.8. The van der Waals surface area contributed by atoms with E-state index in [4.69, 9.17) is 56.8 Å². The third-order valence-electron chi connectivity index (χ3n) is 25.6. The number of aliphatic hydroxyl groups excluding tert-OH is 20. The molecule has 0 aromatic carbocycles. The zero-order chi connectivity index (χ0) is 74.7. The van der Waals surface area contributed by atoms with Crippen molar-refractivity contribution in [3.05, 3.63) is 11.6 Å². The fourth-order valence-electron chi connectivity index (χ4n) is 19.0. The van der Waals surface area contributed by atoms with Crippen molar-refractivity contribution in [1.29, 1.82) is 0 Å². The maximum absolute atomic E-state index is 15.8. The molecule has 0 bridgehead atoms. The van der Waals surface area contributed by atoms with Crippen molar-refractivity contribution < 1.29 is 178 Å². The first kappa shape index (κ1) is 80.0. The second-order valence-corrected chi connectivity index (χ2v) is 31.8. The number of rotatable bonds is 18. The summed E-state index contributed by atoms with van der Waals surface area (Å²) in [5, 5.41) is 227. The zero-order valence-electron chi connectivity index (χ0n) is 57.3. The summed E-state index contributed by atoms with van der Waals surface area (Å²) in [6.07, 6.45) is -53.4. The Morgan fingerprint density at radius 2 is 0.902 bits per heavy atom. The molecule has 0 spiro atoms. The fraction of sp³-hybridized carbons (Fsp3) is 0.924. The Labute approximate surface area is 585 Å². The van der Waals surface area contributed by atoms with Crippen LogP contribution in [0.1, 0.15) is 106 Å². The van der Waals surface area contributed by atoms with Gasteiger partial charge in [-0.25, -0.2) is 4.79 Å². The smallest absolute Gasteiger partial charge is 0.335 e. The quantitative estimate of drug-likeness (QED) is 0.0448. The molecular formula is C66H104O36. The molecule has 39 atom stereocenters. The van der Waals surface area contributed by atoms with Crippen LogP contribution in [-0.4, -0.2) is 349 Å². The number of hydrogen-bond acceptors (Lipinski definition) is 35. The van der Waals surface area contributed by atoms with Crippen LogP contribution < -0.4 is 0 Å². The van der Waals surface area contributed by atoms with Crippen LogP contribution in [0.4, 0.5) is 0 Å². The van der Waals surface area contributed by atoms with Gasteiger partial charge < -0.3 is 164 Å². The van der Waals surface area contributed by atoms with Gasteiger partial charge >= 0.3 is 17.9 Å². The molecule has 0 amide bonds. The molecule has 0 aromatic rings. The highest BCUT2D eigenvalue weighted by Crippen LogP contribution is 2.76. The lowest BCUT2D eigenvalue weighted by atomic mass is 9.33. The lowest BCUT2D eigenvalue weighted by molar-refractivity contribution is -0.364. The minimum Gasteiger partial charge on any atom is -0.479 e. The van der Waals surface area contributed by atoms with Gasteiger partial charge in [-0.2, -0.15) is 0 Å². The Balaban J connectivity index is 0.842. The van der Waals surface area contributed by atoms with Gasteiger partial charge in [0.05, 0.1) is 50.0 Å². The van der Waals surface area contributed by atoms with E-state index in [0.717, 1.165) is 5.57 Å². The molecule has 584 valence electrons. The first-order valence-corrected chi connectivity index (χ1v) is 35.0. The maximum atomic E-state index is 15.8. The van der Waals surface area contributed by atoms with Crippen LogP contribution >= 0.6 is 0 Å². The highest BCUT2D eigenvalue weighted by Gasteiger charge is 2.72. The van der Waals surface area contributed by atoms with Crippen molar-refractivity contribution in [3.63, 3.8) is 0 Å². The summed E-state index contributed by atoms with van der Waals surface area (Å²) in [5.41, 5.74) is -4.42. The molecule has 11 rings (SSSR count). The summed E-state index contributed by atoms with van der Waals surface area (Å²) in [6, 6.07) is 0. The summed E-state index contributed by atoms with van der Waals surface area (Å²) in [5.74, 6) is -4.95. The molecule has 6 saturated heterocycles. The van der Waals surface area contributed by atoms with Crippen molar-refractivity contribution in [2.45, 2.75) is 296 Å². The van der Waals surface area contributed by atoms with E-state index >= 15 is 9.59 Å². The zero-order valence-corrected chi connectivity index (χ0v) is 57.3. The molecule has 11 aliphatic rings. The van der Waals surface area contributed by atoms with Crippen LogP contribution in [0.2, 0.25) is 0 Å². The maximum Gasteiger partial charge on any atom is 0.335 e. The van der Waals surface area contributed by atoms with Gasteiger partial charge in [-0.15, -0.1) is 0 Å². The van der Waals surface area contributed by atoms with E-state index in [9.17, 15) is 112 Å². The van der Waals surface area contributed by atoms with E-state index in [1.54, 1.807) is 6.92 Å². The molecule has 36 heteroatoms. The minimum absolute atomic E-state index is 0.0965. The number of carbonyl (C=O) groups excluding carboxylic acids is 2. The first-order chi connectivity index (χ1) is 47.8. The predicted octanol–water partition coefficient (Wildman–Crippen LogP) is -7.80. The number of carboxylic acids is 1. The van der Waals surface area contributed by atoms with E-state index in [-0.39, 0.29) is 30.6 Å². The average molecular weight is 1470 g/mol. The summed E-state index contributed by atoms with van der Waals surface area (Å²) in [7, 11) is 0. The van der Waals surface area contributed by atoms with Crippen LogP contribution in [0.5, 0.6) is 0 Å². The number of carbonyl (C=O) groups is 3. The van der Waals surface area contributed by atoms with Gasteiger partial charge in [-0.1, -0.05) is 46.3 Å². The summed E-state index contributed by atoms with van der Waals surface area (Å²) in [6.45, 7) is 7.96. The van der Waals surface area contributed by atoms with Crippen molar-refractivity contribution >= 4 is 17.9 Å². The van der Waals surface area contributed by atoms with Gasteiger partial charge in [0.2, 0.25) is 12.6 Å². The Morgan fingerprint density at radius 1 is 0.441 bits per heavy atom. The number of aliphatic hydroxyl groups is 20. The molecule has 102 heavy (non-hydrogen) atoms. The number of ether oxygens (including phenoxy) is 12. The van der Waals surface area contributed by atoms with Gasteiger partial charge in [-0.3, -0.25) is 9.59 Å². The average Bonchev–Trinajstić information content (AvgIpc) is 0.673. The SMILES string of the molecule is CC1(C)CC[C@]2(C(=O)O[C@@H]3O[C@H](CO[C@@H]4O[C@H](CO[C@@H]5O[C@H](CO)[C@H](O)[C@H](O)[C@H]5O)[C@@H](O)[C@H](O)[C@H]4O)[C@@H](O)[C@H](O[C@@H]4O[C@H](CO)[C@@H](O)[C@H](O)[C@H]4O)[C@H]3O)CC[C@]3(C)C(=CC[C@@H]4[C@@]5(C)CC[C@H](O)[C@@](C)(C(=O)O[C@@H]6O[C@H](CO)[C@@H](O)[C@H](O)[C@H]6O[C@@H]6O[C@H](C(=O)O)[C@@H](O)[C@H](O)[C@H]6O)[C@@H]5CC[C@]43C)[C@@H]2C1. The number of aliphatic carboxylic acids is 1. The van der Waals surface area contributed by atoms with Crippen LogP contribution in [0.15, 0.2) is 11.6 Å². The molecule has 6 heterocycles. The van der Waals surface area contributed by atoms with Crippen LogP contribution in [0.3, 0.4) is 0 Å². The normalized spacial score (nSPS) is 53.2. The summed E-state index contributed by atoms with van der Waals surface area (Å²) < 4.78 is 69.7. The van der Waals surface area contributed by atoms with Gasteiger partial charge in [0.1, 0.15) is 134 Å². The minimum atomic E-state index is -2.15. The van der Waals surface area contributed by atoms with E-state index in [0.29, 0.717) is 44.9 Å². The highest BCUT2D eigenvalue weighted by molar-refractivity contribution is 5.79. The highest BCUT2D eigenvalue weighted by atomic mass is 16.8. The van der Waals surface area contributed by atoms with Gasteiger partial charge in [0.25, 0.3) is 0 Å². The molecule has 10 fully saturated rings. The molecule has 5 aliphatic carbocycles. The van der Waals surface area contributed by atoms with Crippen LogP contribution in [-0.2, 0) is 71.2 Å². The lowest BCUT2D eigenvalue weighted by Gasteiger charge is -2.71. The van der Waals surface area contributed by atoms with E-state index in [1.807, 2.05) is 0 Å². The molecular weight excluding hydrogens is 1370 g/mol. The largest absolute Gasteiger partial charge is 0.479 e. The summed E-state index contributed by atoms with van der Waals surface area (Å²) >= 11 is 0. The predicted molar refractivity (Wildman–Crippen MR) is 330 cm³/mol. The van der Waals surface area contributed by atoms with Gasteiger partial charge in [0.15, 0.2) is 37.4 Å². The van der Waals surface area contributed by atoms with Gasteiger partial charge in [0, 0.05) is 0 Å². The van der Waals surface area contributed by atoms with Gasteiger partial charge in [-0.05, 0) is 111 Å². The molecule has 6 aliphatic heterocycles. The molecule has 4 saturated carbocycles. The molecule has 0 radical (unpaired) electrons. The Bertz CT molecular complexity index is 2960. The number of allylic oxidation sites excluding steroid dienone is 2. The first-order valence-electron chi connectivity index (χ1n) is 35.0. The standard InChI is InChI=1S/C66H104O36/c1-61(2)13-15-66(60(90)101-57-48(86)49(98-55-46(84)39(77)34(72)26(19-68)94-55)37(75)29(97-57)22-92-54-45(83)40(78)36(74)28(96-54)21-91-53-44(82)38(76)33(71)25(18-67)93-53)16-14-63(4)23(24(66)17-61)7-8-30-62(3)11-10-32(70)65(6,31(62)9-12-64(30,63)5)59(89)102-58-51(42(80)35(73)27(20-69)95-58)100-56-47(85)41(79)43(81)50(99-56)52(87)88/h7,24-51,53-58,67-86H,8-22H2,1-6H3,(H,87,88)/t24-,25+,26+,27+,28+,29+,30+,31+,32-,33-,34+,35+,36+,37+,38-,39-,40-,41-,42-,43-,44+,45+,46+,47+,48+,49-,50-,51+,53+,54+,55-,56-,57-,58-,62+,63+,64+,65-,66-/m0/s1. The molecule has 0 unspecified atom stereocenters. The molecule has 36 nitrogen and oxygen atoms in total. The van der Waals surface area contributed by atoms with E-state index in [1.165, 1.54) is 0 Å². The van der Waals surface area contributed by atoms with Crippen molar-refractivity contribution in [3.8, 4) is 0 Å². The molecule has 21 N–H and O–H groups in total. The molecule has 0 aromatic heterocycles. The van der Waals surface area contributed by atoms with Crippen LogP contribution in [0.25, 0.3) is 0 Å². The number of carboxylic acid groups (broad SMARTS) is 1. The third kappa shape index (κ3) is 13.6. The van der Waals surface area contributed by atoms with Crippen molar-refractivity contribution in [1.82, 2.24) is 0 Å². The monoisotopic (exact) mass is 1470 g/mol. The number of esters is 2. The Morgan fingerprint density at radius 3 is 1.47 bits per heavy atom. The fourth-order valence-corrected chi connectivity index (χ4v) is 19.0. The van der Waals surface area contributed by atoms with E-state index < -0.39 is 280 Å². The Hall–Kier alpha value is -3.05. The van der Waals surface area contributed by atoms with E-state index in [2.05, 4.69) is 40.7 Å². The number of fused-ring (bicyclic) bond motifs is 7. The Kier molecular flexibility index (Phi) is 23.6. The van der Waals surface area contributed by atoms with Crippen molar-refractivity contribution in [2.24, 2.45) is 50.2 Å².